The summed E-state index contributed by atoms with van der Waals surface area (Å²) in [5.74, 6) is 0.363. The zero-order valence-corrected chi connectivity index (χ0v) is 20.1. The van der Waals surface area contributed by atoms with Gasteiger partial charge in [-0.25, -0.2) is 9.59 Å². The van der Waals surface area contributed by atoms with E-state index in [1.165, 1.54) is 0 Å². The number of nitrogens with two attached hydrogens (primary N) is 2. The number of hydrogen-bond acceptors (Lipinski definition) is 8. The number of ether oxygens (including phenoxy) is 4. The number of hydrogen-bond donors (Lipinski definition) is 2. The van der Waals surface area contributed by atoms with Crippen molar-refractivity contribution in [1.82, 2.24) is 0 Å². The summed E-state index contributed by atoms with van der Waals surface area (Å²) >= 11 is 0. The van der Waals surface area contributed by atoms with Gasteiger partial charge in [-0.3, -0.25) is 0 Å². The molecule has 3 rings (SSSR count). The first kappa shape index (κ1) is 25.5. The highest BCUT2D eigenvalue weighted by Crippen LogP contribution is 2.39. The van der Waals surface area contributed by atoms with Crippen molar-refractivity contribution < 1.29 is 28.5 Å². The number of carbonyl (C=O) groups excluding carboxylic acids is 2. The molecule has 4 N–H and O–H groups in total. The molecular weight excluding hydrogens is 436 g/mol. The van der Waals surface area contributed by atoms with Crippen LogP contribution in [0, 0.1) is 0 Å². The average molecular weight is 473 g/mol. The highest BCUT2D eigenvalue weighted by atomic mass is 16.5. The molecule has 0 aromatic heterocycles. The van der Waals surface area contributed by atoms with Crippen molar-refractivity contribution in [2.24, 2.45) is 0 Å². The minimum atomic E-state index is -0.349. The van der Waals surface area contributed by atoms with Crippen molar-refractivity contribution in [2.45, 2.75) is 89.6 Å². The Morgan fingerprint density at radius 3 is 1.26 bits per heavy atom. The molecule has 0 spiro atoms. The summed E-state index contributed by atoms with van der Waals surface area (Å²) in [5, 5.41) is 0. The molecule has 2 fully saturated rings. The van der Waals surface area contributed by atoms with Gasteiger partial charge in [0.05, 0.1) is 12.2 Å². The fourth-order valence-electron chi connectivity index (χ4n) is 4.20. The van der Waals surface area contributed by atoms with Crippen molar-refractivity contribution in [3.8, 4) is 11.5 Å². The van der Waals surface area contributed by atoms with Crippen LogP contribution >= 0.6 is 0 Å². The predicted octanol–water partition coefficient (Wildman–Crippen LogP) is 4.47. The van der Waals surface area contributed by atoms with E-state index >= 15 is 0 Å². The van der Waals surface area contributed by atoms with Crippen LogP contribution in [-0.2, 0) is 19.1 Å². The molecule has 34 heavy (non-hydrogen) atoms. The van der Waals surface area contributed by atoms with Gasteiger partial charge in [0, 0.05) is 11.1 Å². The van der Waals surface area contributed by atoms with E-state index in [-0.39, 0.29) is 36.4 Å². The second-order valence-electron chi connectivity index (χ2n) is 9.29. The van der Waals surface area contributed by atoms with E-state index in [0.29, 0.717) is 34.0 Å². The maximum absolute atomic E-state index is 11.7. The zero-order valence-electron chi connectivity index (χ0n) is 20.1. The van der Waals surface area contributed by atoms with Gasteiger partial charge in [-0.2, -0.15) is 0 Å². The van der Waals surface area contributed by atoms with E-state index in [1.54, 1.807) is 26.0 Å². The molecule has 0 atom stereocenters. The zero-order chi connectivity index (χ0) is 24.8. The third-order valence-corrected chi connectivity index (χ3v) is 6.28. The Balaban J connectivity index is 1.49. The van der Waals surface area contributed by atoms with Crippen LogP contribution in [0.1, 0.15) is 65.2 Å². The predicted molar refractivity (Wildman–Crippen MR) is 130 cm³/mol. The molecule has 0 amide bonds. The van der Waals surface area contributed by atoms with E-state index < -0.39 is 0 Å². The summed E-state index contributed by atoms with van der Waals surface area (Å²) < 4.78 is 23.1. The van der Waals surface area contributed by atoms with Gasteiger partial charge in [-0.1, -0.05) is 13.2 Å². The summed E-state index contributed by atoms with van der Waals surface area (Å²) in [6.45, 7) is 10.5. The molecule has 186 valence electrons. The monoisotopic (exact) mass is 472 g/mol. The van der Waals surface area contributed by atoms with Crippen molar-refractivity contribution in [3.05, 3.63) is 36.4 Å². The Hall–Kier alpha value is -3.16. The molecule has 2 aliphatic rings. The van der Waals surface area contributed by atoms with Gasteiger partial charge in [-0.05, 0) is 77.3 Å². The molecule has 1 aromatic rings. The normalized spacial score (nSPS) is 24.5. The number of benzene rings is 1. The molecule has 2 saturated carbocycles. The maximum atomic E-state index is 11.7. The van der Waals surface area contributed by atoms with Gasteiger partial charge in [0.1, 0.15) is 35.1 Å². The summed E-state index contributed by atoms with van der Waals surface area (Å²) in [7, 11) is 0. The summed E-state index contributed by atoms with van der Waals surface area (Å²) in [6.07, 6.45) is 5.66. The van der Waals surface area contributed by atoms with Crippen LogP contribution in [-0.4, -0.2) is 36.4 Å². The van der Waals surface area contributed by atoms with Crippen LogP contribution in [0.2, 0.25) is 0 Å². The molecule has 2 aliphatic carbocycles. The molecule has 8 heteroatoms. The van der Waals surface area contributed by atoms with Gasteiger partial charge in [0.25, 0.3) is 0 Å². The maximum Gasteiger partial charge on any atom is 0.333 e. The first-order chi connectivity index (χ1) is 16.1. The van der Waals surface area contributed by atoms with E-state index in [4.69, 9.17) is 30.4 Å². The number of carbonyl (C=O) groups is 2. The fraction of sp³-hybridized carbons (Fsp3) is 0.538. The molecule has 8 nitrogen and oxygen atoms in total. The second-order valence-corrected chi connectivity index (χ2v) is 9.29. The van der Waals surface area contributed by atoms with Gasteiger partial charge in [-0.15, -0.1) is 0 Å². The molecule has 0 unspecified atom stereocenters. The quantitative estimate of drug-likeness (QED) is 0.323. The van der Waals surface area contributed by atoms with Crippen molar-refractivity contribution >= 4 is 23.3 Å². The summed E-state index contributed by atoms with van der Waals surface area (Å²) in [5.41, 5.74) is 14.1. The van der Waals surface area contributed by atoms with E-state index in [2.05, 4.69) is 13.2 Å². The third kappa shape index (κ3) is 6.68. The van der Waals surface area contributed by atoms with Crippen molar-refractivity contribution in [3.63, 3.8) is 0 Å². The number of nitrogen functional groups attached to an aromatic ring is 2. The first-order valence-corrected chi connectivity index (χ1v) is 11.9. The lowest BCUT2D eigenvalue weighted by molar-refractivity contribution is -0.147. The van der Waals surface area contributed by atoms with Crippen LogP contribution in [0.3, 0.4) is 0 Å². The van der Waals surface area contributed by atoms with Crippen LogP contribution in [0.15, 0.2) is 36.4 Å². The highest BCUT2D eigenvalue weighted by molar-refractivity contribution is 5.87. The lowest BCUT2D eigenvalue weighted by Crippen LogP contribution is -2.30. The molecule has 0 bridgehead atoms. The fourth-order valence-corrected chi connectivity index (χ4v) is 4.20. The standard InChI is InChI=1S/C26H36N2O6/c1-15(2)25(29)33-19-9-5-17(6-10-19)31-21-13-14-22(24(28)23(21)27)32-18-7-11-20(12-8-18)34-26(30)16(3)4/h13-14,17-20H,1,3,5-12,27-28H2,2,4H3. The van der Waals surface area contributed by atoms with Crippen molar-refractivity contribution in [1.29, 1.82) is 0 Å². The lowest BCUT2D eigenvalue weighted by Gasteiger charge is -2.30. The minimum absolute atomic E-state index is 0.0227. The van der Waals surface area contributed by atoms with E-state index in [0.717, 1.165) is 51.4 Å². The van der Waals surface area contributed by atoms with Crippen LogP contribution in [0.5, 0.6) is 11.5 Å². The molecule has 0 radical (unpaired) electrons. The SMILES string of the molecule is C=C(C)C(=O)OC1CCC(Oc2ccc(OC3CCC(OC(=O)C(=C)C)CC3)c(N)c2N)CC1. The molecule has 0 aliphatic heterocycles. The average Bonchev–Trinajstić information content (AvgIpc) is 2.81. The van der Waals surface area contributed by atoms with Crippen molar-refractivity contribution in [2.75, 3.05) is 11.5 Å². The molecule has 0 heterocycles. The summed E-state index contributed by atoms with van der Waals surface area (Å²) in [6, 6.07) is 3.57. The number of rotatable bonds is 8. The van der Waals surface area contributed by atoms with Gasteiger partial charge in [0.2, 0.25) is 0 Å². The number of anilines is 2. The Morgan fingerprint density at radius 1 is 0.676 bits per heavy atom. The first-order valence-electron chi connectivity index (χ1n) is 11.9. The smallest absolute Gasteiger partial charge is 0.333 e. The Kier molecular flexibility index (Phi) is 8.47. The molecular formula is C26H36N2O6. The largest absolute Gasteiger partial charge is 0.488 e. The minimum Gasteiger partial charge on any atom is -0.488 e. The topological polar surface area (TPSA) is 123 Å². The van der Waals surface area contributed by atoms with Gasteiger partial charge >= 0.3 is 11.9 Å². The Bertz CT molecular complexity index is 852. The van der Waals surface area contributed by atoms with Gasteiger partial charge in [0.15, 0.2) is 0 Å². The van der Waals surface area contributed by atoms with Crippen LogP contribution in [0.4, 0.5) is 11.4 Å². The second kappa shape index (κ2) is 11.3. The molecule has 0 saturated heterocycles. The van der Waals surface area contributed by atoms with E-state index in [1.807, 2.05) is 0 Å². The van der Waals surface area contributed by atoms with Gasteiger partial charge < -0.3 is 30.4 Å². The highest BCUT2D eigenvalue weighted by Gasteiger charge is 2.28. The van der Waals surface area contributed by atoms with Crippen LogP contribution in [0.25, 0.3) is 0 Å². The lowest BCUT2D eigenvalue weighted by atomic mass is 9.94. The third-order valence-electron chi connectivity index (χ3n) is 6.28. The Labute approximate surface area is 201 Å². The Morgan fingerprint density at radius 2 is 0.971 bits per heavy atom. The van der Waals surface area contributed by atoms with Crippen LogP contribution < -0.4 is 20.9 Å². The summed E-state index contributed by atoms with van der Waals surface area (Å²) in [4.78, 5) is 23.4. The number of esters is 2. The molecule has 1 aromatic carbocycles. The van der Waals surface area contributed by atoms with E-state index in [9.17, 15) is 9.59 Å².